The Morgan fingerprint density at radius 3 is 0.784 bits per heavy atom. The lowest BCUT2D eigenvalue weighted by Crippen LogP contribution is -2.46. The van der Waals surface area contributed by atoms with Gasteiger partial charge in [0.25, 0.3) is 0 Å². The van der Waals surface area contributed by atoms with E-state index in [1.165, 1.54) is 40.3 Å². The molecule has 0 heterocycles. The van der Waals surface area contributed by atoms with Crippen LogP contribution in [0.3, 0.4) is 0 Å². The fourth-order valence-corrected chi connectivity index (χ4v) is 6.68. The van der Waals surface area contributed by atoms with Crippen LogP contribution in [0.2, 0.25) is 0 Å². The van der Waals surface area contributed by atoms with E-state index in [0.29, 0.717) is 39.5 Å². The maximum Gasteiger partial charge on any atom is 0.0948 e. The molecule has 0 aliphatic carbocycles. The van der Waals surface area contributed by atoms with E-state index in [1.807, 2.05) is 0 Å². The van der Waals surface area contributed by atoms with Gasteiger partial charge in [-0.15, -0.1) is 0 Å². The Hall–Kier alpha value is -5.35. The molecular formula is C46H47N3O2. The second-order valence-corrected chi connectivity index (χ2v) is 12.0. The monoisotopic (exact) mass is 673 g/mol. The first-order chi connectivity index (χ1) is 25.3. The molecule has 6 rings (SSSR count). The van der Waals surface area contributed by atoms with E-state index < -0.39 is 11.1 Å². The van der Waals surface area contributed by atoms with Crippen molar-refractivity contribution in [1.29, 1.82) is 5.26 Å². The summed E-state index contributed by atoms with van der Waals surface area (Å²) in [6.07, 6.45) is 0. The average molecular weight is 674 g/mol. The molecule has 0 unspecified atom stereocenters. The van der Waals surface area contributed by atoms with E-state index in [0.717, 1.165) is 0 Å². The number of nitriles is 1. The zero-order valence-corrected chi connectivity index (χ0v) is 29.3. The number of benzene rings is 6. The van der Waals surface area contributed by atoms with Crippen LogP contribution in [0, 0.1) is 11.3 Å². The summed E-state index contributed by atoms with van der Waals surface area (Å²) in [7, 11) is 0. The molecule has 0 radical (unpaired) electrons. The Balaban J connectivity index is 0.00000162. The van der Waals surface area contributed by atoms with E-state index in [4.69, 9.17) is 14.7 Å². The van der Waals surface area contributed by atoms with E-state index in [1.54, 1.807) is 6.07 Å². The highest BCUT2D eigenvalue weighted by atomic mass is 16.5. The maximum atomic E-state index is 7.32. The molecule has 0 saturated carbocycles. The van der Waals surface area contributed by atoms with Crippen molar-refractivity contribution in [1.82, 2.24) is 10.6 Å². The minimum Gasteiger partial charge on any atom is -0.378 e. The van der Waals surface area contributed by atoms with E-state index >= 15 is 0 Å². The predicted octanol–water partition coefficient (Wildman–Crippen LogP) is 8.71. The van der Waals surface area contributed by atoms with Crippen LogP contribution in [0.25, 0.3) is 0 Å². The van der Waals surface area contributed by atoms with Crippen LogP contribution in [0.15, 0.2) is 182 Å². The molecule has 6 aromatic rings. The smallest absolute Gasteiger partial charge is 0.0948 e. The average Bonchev–Trinajstić information content (AvgIpc) is 3.21. The molecule has 0 bridgehead atoms. The zero-order valence-electron chi connectivity index (χ0n) is 29.3. The van der Waals surface area contributed by atoms with Crippen molar-refractivity contribution in [3.05, 3.63) is 215 Å². The van der Waals surface area contributed by atoms with Crippen LogP contribution in [-0.4, -0.2) is 39.5 Å². The Morgan fingerprint density at radius 2 is 0.588 bits per heavy atom. The van der Waals surface area contributed by atoms with Gasteiger partial charge in [-0.1, -0.05) is 182 Å². The summed E-state index contributed by atoms with van der Waals surface area (Å²) in [5.41, 5.74) is 6.14. The molecule has 5 heteroatoms. The summed E-state index contributed by atoms with van der Waals surface area (Å²) < 4.78 is 12.2. The zero-order chi connectivity index (χ0) is 35.5. The third-order valence-electron chi connectivity index (χ3n) is 8.89. The largest absolute Gasteiger partial charge is 0.378 e. The van der Waals surface area contributed by atoms with Crippen LogP contribution >= 0.6 is 0 Å². The molecule has 51 heavy (non-hydrogen) atoms. The van der Waals surface area contributed by atoms with E-state index in [-0.39, 0.29) is 0 Å². The topological polar surface area (TPSA) is 66.3 Å². The summed E-state index contributed by atoms with van der Waals surface area (Å²) in [5.74, 6) is 0. The summed E-state index contributed by atoms with van der Waals surface area (Å²) >= 11 is 0. The van der Waals surface area contributed by atoms with Crippen molar-refractivity contribution in [3.8, 4) is 6.07 Å². The standard InChI is InChI=1S/C44H44N2O2.C2H3N/c1-7-19-37(20-8-1)43(38-21-9-2-10-22-38,39-23-11-3-12-24-39)45-31-33-47-35-36-48-34-32-46-44(40-25-13-4-14-26-40,41-27-15-5-16-28-41)42-29-17-6-18-30-42;1-2-3/h1-30,45-46H,31-36H2;1H3. The van der Waals surface area contributed by atoms with Gasteiger partial charge in [-0.3, -0.25) is 10.6 Å². The first kappa shape index (κ1) is 36.9. The Kier molecular flexibility index (Phi) is 14.3. The van der Waals surface area contributed by atoms with Gasteiger partial charge in [0.15, 0.2) is 0 Å². The number of hydrogen-bond donors (Lipinski definition) is 2. The van der Waals surface area contributed by atoms with Gasteiger partial charge in [-0.05, 0) is 33.4 Å². The number of hydrogen-bond acceptors (Lipinski definition) is 5. The molecular weight excluding hydrogens is 627 g/mol. The summed E-state index contributed by atoms with van der Waals surface area (Å²) in [5, 5.41) is 15.1. The quantitative estimate of drug-likeness (QED) is 0.0749. The molecule has 0 aromatic heterocycles. The molecule has 0 aliphatic heterocycles. The molecule has 6 aromatic carbocycles. The van der Waals surface area contributed by atoms with Crippen molar-refractivity contribution in [2.45, 2.75) is 18.0 Å². The van der Waals surface area contributed by atoms with Gasteiger partial charge in [-0.25, -0.2) is 0 Å². The van der Waals surface area contributed by atoms with Gasteiger partial charge in [-0.2, -0.15) is 5.26 Å². The van der Waals surface area contributed by atoms with Gasteiger partial charge in [0, 0.05) is 20.0 Å². The van der Waals surface area contributed by atoms with Gasteiger partial charge in [0.2, 0.25) is 0 Å². The third-order valence-corrected chi connectivity index (χ3v) is 8.89. The van der Waals surface area contributed by atoms with Crippen LogP contribution in [0.5, 0.6) is 0 Å². The first-order valence-corrected chi connectivity index (χ1v) is 17.5. The highest BCUT2D eigenvalue weighted by Crippen LogP contribution is 2.38. The Morgan fingerprint density at radius 1 is 0.392 bits per heavy atom. The summed E-state index contributed by atoms with van der Waals surface area (Å²) in [4.78, 5) is 0. The fraction of sp³-hybridized carbons (Fsp3) is 0.196. The van der Waals surface area contributed by atoms with Gasteiger partial charge in [0.1, 0.15) is 0 Å². The highest BCUT2D eigenvalue weighted by molar-refractivity contribution is 5.50. The van der Waals surface area contributed by atoms with Crippen molar-refractivity contribution in [3.63, 3.8) is 0 Å². The van der Waals surface area contributed by atoms with Crippen LogP contribution in [-0.2, 0) is 20.6 Å². The lowest BCUT2D eigenvalue weighted by Gasteiger charge is -2.37. The minimum atomic E-state index is -0.502. The van der Waals surface area contributed by atoms with Crippen molar-refractivity contribution < 1.29 is 9.47 Å². The number of nitrogens with one attached hydrogen (secondary N) is 2. The van der Waals surface area contributed by atoms with Crippen LogP contribution in [0.1, 0.15) is 40.3 Å². The van der Waals surface area contributed by atoms with E-state index in [2.05, 4.69) is 193 Å². The molecule has 5 nitrogen and oxygen atoms in total. The lowest BCUT2D eigenvalue weighted by molar-refractivity contribution is 0.0477. The molecule has 0 atom stereocenters. The predicted molar refractivity (Wildman–Crippen MR) is 207 cm³/mol. The third kappa shape index (κ3) is 9.26. The van der Waals surface area contributed by atoms with Gasteiger partial charge >= 0.3 is 0 Å². The van der Waals surface area contributed by atoms with E-state index in [9.17, 15) is 0 Å². The molecule has 2 N–H and O–H groups in total. The highest BCUT2D eigenvalue weighted by Gasteiger charge is 2.36. The van der Waals surface area contributed by atoms with Crippen molar-refractivity contribution in [2.24, 2.45) is 0 Å². The molecule has 0 fully saturated rings. The normalized spacial score (nSPS) is 11.2. The summed E-state index contributed by atoms with van der Waals surface area (Å²) in [6, 6.07) is 65.7. The van der Waals surface area contributed by atoms with Crippen molar-refractivity contribution in [2.75, 3.05) is 39.5 Å². The molecule has 258 valence electrons. The van der Waals surface area contributed by atoms with Crippen LogP contribution < -0.4 is 10.6 Å². The fourth-order valence-electron chi connectivity index (χ4n) is 6.68. The number of rotatable bonds is 17. The number of ether oxygens (including phenoxy) is 2. The Bertz CT molecular complexity index is 1520. The SMILES string of the molecule is CC#N.c1ccc(C(NCCOCCOCCNC(c2ccccc2)(c2ccccc2)c2ccccc2)(c2ccccc2)c2ccccc2)cc1. The van der Waals surface area contributed by atoms with Crippen molar-refractivity contribution >= 4 is 0 Å². The molecule has 0 saturated heterocycles. The first-order valence-electron chi connectivity index (χ1n) is 17.5. The molecule has 0 aliphatic rings. The minimum absolute atomic E-state index is 0.502. The van der Waals surface area contributed by atoms with Crippen LogP contribution in [0.4, 0.5) is 0 Å². The Labute approximate surface area is 303 Å². The summed E-state index contributed by atoms with van der Waals surface area (Å²) in [6.45, 7) is 4.96. The molecule has 0 spiro atoms. The lowest BCUT2D eigenvalue weighted by atomic mass is 9.77. The molecule has 0 amide bonds. The second kappa shape index (κ2) is 19.7. The van der Waals surface area contributed by atoms with Gasteiger partial charge in [0.05, 0.1) is 43.6 Å². The van der Waals surface area contributed by atoms with Gasteiger partial charge < -0.3 is 9.47 Å². The maximum absolute atomic E-state index is 7.32. The number of nitrogens with zero attached hydrogens (tertiary/aromatic N) is 1. The second-order valence-electron chi connectivity index (χ2n) is 12.0.